The Labute approximate surface area is 201 Å². The number of piperazine rings is 1. The number of carbonyl (C=O) groups is 2. The van der Waals surface area contributed by atoms with E-state index in [4.69, 9.17) is 9.47 Å². The van der Waals surface area contributed by atoms with E-state index in [0.29, 0.717) is 71.3 Å². The number of amides is 3. The predicted octanol–water partition coefficient (Wildman–Crippen LogP) is 1.38. The summed E-state index contributed by atoms with van der Waals surface area (Å²) in [5, 5.41) is 5.48. The highest BCUT2D eigenvalue weighted by Gasteiger charge is 2.27. The number of nitrogens with zero attached hydrogens (tertiary/aromatic N) is 3. The number of anilines is 1. The standard InChI is InChI=1S/C22H35N5O6S/c1-22(2,3)33-21(29)26-11-9-25(10-12-26)8-7-23-20(28)24-18-5-4-6-19(17-18)34(30,31)27-13-15-32-16-14-27/h4-6,17H,7-16H2,1-3H3,(H2,23,24,28). The Balaban J connectivity index is 1.41. The molecule has 2 fully saturated rings. The van der Waals surface area contributed by atoms with Gasteiger partial charge in [0.05, 0.1) is 18.1 Å². The van der Waals surface area contributed by atoms with Crippen molar-refractivity contribution in [2.45, 2.75) is 31.3 Å². The monoisotopic (exact) mass is 497 g/mol. The summed E-state index contributed by atoms with van der Waals surface area (Å²) < 4.78 is 37.6. The third-order valence-corrected chi connectivity index (χ3v) is 7.33. The lowest BCUT2D eigenvalue weighted by Crippen LogP contribution is -2.51. The number of urea groups is 1. The fraction of sp³-hybridized carbons (Fsp3) is 0.636. The molecule has 2 saturated heterocycles. The fourth-order valence-electron chi connectivity index (χ4n) is 3.65. The molecule has 12 heteroatoms. The van der Waals surface area contributed by atoms with Crippen molar-refractivity contribution >= 4 is 27.8 Å². The van der Waals surface area contributed by atoms with E-state index in [2.05, 4.69) is 15.5 Å². The SMILES string of the molecule is CC(C)(C)OC(=O)N1CCN(CCNC(=O)Nc2cccc(S(=O)(=O)N3CCOCC3)c2)CC1. The average molecular weight is 498 g/mol. The van der Waals surface area contributed by atoms with E-state index in [0.717, 1.165) is 0 Å². The average Bonchev–Trinajstić information content (AvgIpc) is 2.79. The van der Waals surface area contributed by atoms with E-state index >= 15 is 0 Å². The van der Waals surface area contributed by atoms with Gasteiger partial charge in [0.2, 0.25) is 10.0 Å². The third-order valence-electron chi connectivity index (χ3n) is 5.44. The van der Waals surface area contributed by atoms with Gasteiger partial charge in [-0.25, -0.2) is 18.0 Å². The molecule has 0 atom stereocenters. The van der Waals surface area contributed by atoms with Crippen molar-refractivity contribution in [3.05, 3.63) is 24.3 Å². The maximum Gasteiger partial charge on any atom is 0.410 e. The summed E-state index contributed by atoms with van der Waals surface area (Å²) in [6.45, 7) is 10.5. The highest BCUT2D eigenvalue weighted by atomic mass is 32.2. The van der Waals surface area contributed by atoms with Crippen LogP contribution >= 0.6 is 0 Å². The van der Waals surface area contributed by atoms with E-state index in [1.165, 1.54) is 16.4 Å². The molecule has 3 rings (SSSR count). The topological polar surface area (TPSA) is 121 Å². The van der Waals surface area contributed by atoms with Gasteiger partial charge < -0.3 is 25.0 Å². The van der Waals surface area contributed by atoms with Crippen molar-refractivity contribution in [2.75, 3.05) is 70.9 Å². The number of hydrogen-bond donors (Lipinski definition) is 2. The highest BCUT2D eigenvalue weighted by Crippen LogP contribution is 2.20. The molecule has 1 aromatic rings. The van der Waals surface area contributed by atoms with Crippen LogP contribution in [0.25, 0.3) is 0 Å². The molecule has 0 radical (unpaired) electrons. The second kappa shape index (κ2) is 11.3. The molecule has 0 aromatic heterocycles. The molecule has 0 bridgehead atoms. The van der Waals surface area contributed by atoms with Crippen LogP contribution in [-0.2, 0) is 19.5 Å². The molecule has 2 aliphatic heterocycles. The van der Waals surface area contributed by atoms with E-state index < -0.39 is 21.7 Å². The van der Waals surface area contributed by atoms with Crippen molar-refractivity contribution < 1.29 is 27.5 Å². The van der Waals surface area contributed by atoms with Crippen molar-refractivity contribution in [1.29, 1.82) is 0 Å². The Hall–Kier alpha value is -2.41. The molecule has 34 heavy (non-hydrogen) atoms. The van der Waals surface area contributed by atoms with Crippen LogP contribution in [-0.4, -0.2) is 106 Å². The largest absolute Gasteiger partial charge is 0.444 e. The Kier molecular flexibility index (Phi) is 8.74. The number of rotatable bonds is 6. The first-order chi connectivity index (χ1) is 16.0. The first-order valence-electron chi connectivity index (χ1n) is 11.5. The van der Waals surface area contributed by atoms with Crippen LogP contribution in [0.1, 0.15) is 20.8 Å². The fourth-order valence-corrected chi connectivity index (χ4v) is 5.11. The molecule has 2 aliphatic rings. The van der Waals surface area contributed by atoms with E-state index in [-0.39, 0.29) is 11.0 Å². The van der Waals surface area contributed by atoms with Crippen LogP contribution in [0.2, 0.25) is 0 Å². The summed E-state index contributed by atoms with van der Waals surface area (Å²) in [6, 6.07) is 5.82. The summed E-state index contributed by atoms with van der Waals surface area (Å²) in [6.07, 6.45) is -0.303. The summed E-state index contributed by atoms with van der Waals surface area (Å²) in [4.78, 5) is 28.4. The van der Waals surface area contributed by atoms with Crippen molar-refractivity contribution in [1.82, 2.24) is 19.4 Å². The molecular formula is C22H35N5O6S. The molecular weight excluding hydrogens is 462 g/mol. The Morgan fingerprint density at radius 3 is 2.38 bits per heavy atom. The number of morpholine rings is 1. The van der Waals surface area contributed by atoms with Gasteiger partial charge in [-0.05, 0) is 39.0 Å². The zero-order chi connectivity index (χ0) is 24.8. The Morgan fingerprint density at radius 1 is 1.06 bits per heavy atom. The molecule has 1 aromatic carbocycles. The van der Waals surface area contributed by atoms with Crippen molar-refractivity contribution in [2.24, 2.45) is 0 Å². The second-order valence-corrected chi connectivity index (χ2v) is 11.2. The number of hydrogen-bond acceptors (Lipinski definition) is 7. The maximum atomic E-state index is 12.8. The van der Waals surface area contributed by atoms with E-state index in [9.17, 15) is 18.0 Å². The van der Waals surface area contributed by atoms with Gasteiger partial charge >= 0.3 is 12.1 Å². The predicted molar refractivity (Wildman–Crippen MR) is 127 cm³/mol. The van der Waals surface area contributed by atoms with Gasteiger partial charge in [0, 0.05) is 58.0 Å². The molecule has 0 unspecified atom stereocenters. The minimum absolute atomic E-state index is 0.134. The zero-order valence-electron chi connectivity index (χ0n) is 20.1. The van der Waals surface area contributed by atoms with Gasteiger partial charge in [-0.2, -0.15) is 4.31 Å². The van der Waals surface area contributed by atoms with Crippen LogP contribution < -0.4 is 10.6 Å². The van der Waals surface area contributed by atoms with Gasteiger partial charge in [-0.3, -0.25) is 4.90 Å². The molecule has 190 valence electrons. The molecule has 0 aliphatic carbocycles. The zero-order valence-corrected chi connectivity index (χ0v) is 20.9. The minimum atomic E-state index is -3.63. The molecule has 2 heterocycles. The van der Waals surface area contributed by atoms with Gasteiger partial charge in [0.25, 0.3) is 0 Å². The summed E-state index contributed by atoms with van der Waals surface area (Å²) >= 11 is 0. The number of sulfonamides is 1. The first kappa shape index (κ1) is 26.2. The Bertz CT molecular complexity index is 951. The van der Waals surface area contributed by atoms with Crippen LogP contribution in [0.4, 0.5) is 15.3 Å². The van der Waals surface area contributed by atoms with Gasteiger partial charge in [0.15, 0.2) is 0 Å². The van der Waals surface area contributed by atoms with Gasteiger partial charge in [-0.15, -0.1) is 0 Å². The third kappa shape index (κ3) is 7.55. The molecule has 3 amide bonds. The molecule has 0 saturated carbocycles. The lowest BCUT2D eigenvalue weighted by atomic mass is 10.2. The summed E-state index contributed by atoms with van der Waals surface area (Å²) in [7, 11) is -3.63. The number of carbonyl (C=O) groups excluding carboxylic acids is 2. The number of benzene rings is 1. The van der Waals surface area contributed by atoms with Crippen LogP contribution in [0.3, 0.4) is 0 Å². The van der Waals surface area contributed by atoms with Crippen molar-refractivity contribution in [3.8, 4) is 0 Å². The Morgan fingerprint density at radius 2 is 1.74 bits per heavy atom. The molecule has 2 N–H and O–H groups in total. The summed E-state index contributed by atoms with van der Waals surface area (Å²) in [5.74, 6) is 0. The first-order valence-corrected chi connectivity index (χ1v) is 12.9. The van der Waals surface area contributed by atoms with Gasteiger partial charge in [0.1, 0.15) is 5.60 Å². The van der Waals surface area contributed by atoms with E-state index in [1.54, 1.807) is 17.0 Å². The van der Waals surface area contributed by atoms with Gasteiger partial charge in [-0.1, -0.05) is 6.07 Å². The van der Waals surface area contributed by atoms with Crippen molar-refractivity contribution in [3.63, 3.8) is 0 Å². The molecule has 11 nitrogen and oxygen atoms in total. The summed E-state index contributed by atoms with van der Waals surface area (Å²) in [5.41, 5.74) is -0.115. The van der Waals surface area contributed by atoms with Crippen LogP contribution in [0.15, 0.2) is 29.2 Å². The van der Waals surface area contributed by atoms with E-state index in [1.807, 2.05) is 20.8 Å². The highest BCUT2D eigenvalue weighted by molar-refractivity contribution is 7.89. The number of nitrogens with one attached hydrogen (secondary N) is 2. The number of ether oxygens (including phenoxy) is 2. The van der Waals surface area contributed by atoms with Crippen LogP contribution in [0, 0.1) is 0 Å². The minimum Gasteiger partial charge on any atom is -0.444 e. The quantitative estimate of drug-likeness (QED) is 0.609. The normalized spacial score (nSPS) is 18.4. The van der Waals surface area contributed by atoms with Crippen LogP contribution in [0.5, 0.6) is 0 Å². The lowest BCUT2D eigenvalue weighted by molar-refractivity contribution is 0.0147. The smallest absolute Gasteiger partial charge is 0.410 e. The second-order valence-electron chi connectivity index (χ2n) is 9.23. The lowest BCUT2D eigenvalue weighted by Gasteiger charge is -2.35. The maximum absolute atomic E-state index is 12.8. The molecule has 0 spiro atoms.